The van der Waals surface area contributed by atoms with E-state index in [2.05, 4.69) is 16.0 Å². The van der Waals surface area contributed by atoms with E-state index in [1.54, 1.807) is 52.2 Å². The van der Waals surface area contributed by atoms with Crippen molar-refractivity contribution in [2.24, 2.45) is 23.3 Å². The molecular weight excluding hydrogens is 456 g/mol. The van der Waals surface area contributed by atoms with Crippen LogP contribution in [0.25, 0.3) is 0 Å². The molecule has 0 aliphatic carbocycles. The van der Waals surface area contributed by atoms with Crippen LogP contribution >= 0.6 is 0 Å². The Hall–Kier alpha value is -3.83. The number of rotatable bonds is 13. The molecule has 194 valence electrons. The molecule has 2 atom stereocenters. The van der Waals surface area contributed by atoms with Gasteiger partial charge in [0.25, 0.3) is 0 Å². The summed E-state index contributed by atoms with van der Waals surface area (Å²) in [7, 11) is 3.17. The SMILES string of the molecule is CC(C)[C@H](NC(N)=O)C(=O)C[C@@H](CCCNC(N)=O)C(=O)Nc1ccc(COC(=O)N(C)C)cc1. The number of carbonyl (C=O) groups is 5. The Morgan fingerprint density at radius 2 is 1.63 bits per heavy atom. The van der Waals surface area contributed by atoms with Crippen molar-refractivity contribution < 1.29 is 28.7 Å². The Morgan fingerprint density at radius 1 is 1.00 bits per heavy atom. The monoisotopic (exact) mass is 492 g/mol. The molecule has 0 radical (unpaired) electrons. The van der Waals surface area contributed by atoms with Gasteiger partial charge < -0.3 is 37.1 Å². The van der Waals surface area contributed by atoms with Crippen molar-refractivity contribution in [2.45, 2.75) is 45.8 Å². The fourth-order valence-electron chi connectivity index (χ4n) is 3.23. The average Bonchev–Trinajstić information content (AvgIpc) is 2.77. The molecule has 12 heteroatoms. The predicted octanol–water partition coefficient (Wildman–Crippen LogP) is 1.54. The second-order valence-electron chi connectivity index (χ2n) is 8.67. The first kappa shape index (κ1) is 29.2. The molecule has 1 aromatic rings. The molecule has 0 fully saturated rings. The third-order valence-corrected chi connectivity index (χ3v) is 5.11. The summed E-state index contributed by atoms with van der Waals surface area (Å²) in [6.45, 7) is 3.86. The quantitative estimate of drug-likeness (QED) is 0.260. The number of carbonyl (C=O) groups excluding carboxylic acids is 5. The molecule has 12 nitrogen and oxygen atoms in total. The average molecular weight is 493 g/mol. The van der Waals surface area contributed by atoms with E-state index in [-0.39, 0.29) is 37.2 Å². The van der Waals surface area contributed by atoms with Crippen LogP contribution in [0.3, 0.4) is 0 Å². The van der Waals surface area contributed by atoms with Gasteiger partial charge in [-0.15, -0.1) is 0 Å². The first-order valence-electron chi connectivity index (χ1n) is 11.3. The molecule has 1 aromatic carbocycles. The third kappa shape index (κ3) is 11.2. The highest BCUT2D eigenvalue weighted by atomic mass is 16.6. The molecule has 0 saturated carbocycles. The largest absolute Gasteiger partial charge is 0.445 e. The lowest BCUT2D eigenvalue weighted by Crippen LogP contribution is -2.47. The van der Waals surface area contributed by atoms with Gasteiger partial charge in [-0.05, 0) is 36.5 Å². The van der Waals surface area contributed by atoms with Crippen molar-refractivity contribution in [3.8, 4) is 0 Å². The molecule has 35 heavy (non-hydrogen) atoms. The maximum Gasteiger partial charge on any atom is 0.409 e. The van der Waals surface area contributed by atoms with Crippen molar-refractivity contribution in [1.82, 2.24) is 15.5 Å². The smallest absolute Gasteiger partial charge is 0.409 e. The molecule has 0 unspecified atom stereocenters. The van der Waals surface area contributed by atoms with E-state index < -0.39 is 30.1 Å². The lowest BCUT2D eigenvalue weighted by atomic mass is 9.89. The van der Waals surface area contributed by atoms with Gasteiger partial charge in [0.15, 0.2) is 5.78 Å². The second-order valence-corrected chi connectivity index (χ2v) is 8.67. The van der Waals surface area contributed by atoms with Gasteiger partial charge >= 0.3 is 18.2 Å². The molecule has 0 aliphatic rings. The van der Waals surface area contributed by atoms with E-state index in [1.807, 2.05) is 0 Å². The molecule has 1 rings (SSSR count). The predicted molar refractivity (Wildman–Crippen MR) is 130 cm³/mol. The Morgan fingerprint density at radius 3 is 2.14 bits per heavy atom. The molecule has 0 saturated heterocycles. The van der Waals surface area contributed by atoms with Gasteiger partial charge in [0, 0.05) is 38.7 Å². The van der Waals surface area contributed by atoms with Gasteiger partial charge in [-0.3, -0.25) is 9.59 Å². The number of primary amides is 2. The number of hydrogen-bond donors (Lipinski definition) is 5. The van der Waals surface area contributed by atoms with Crippen LogP contribution < -0.4 is 27.4 Å². The van der Waals surface area contributed by atoms with Crippen LogP contribution in [0.4, 0.5) is 20.1 Å². The van der Waals surface area contributed by atoms with Crippen LogP contribution in [0.15, 0.2) is 24.3 Å². The number of urea groups is 2. The highest BCUT2D eigenvalue weighted by Gasteiger charge is 2.29. The van der Waals surface area contributed by atoms with Crippen molar-refractivity contribution in [3.05, 3.63) is 29.8 Å². The van der Waals surface area contributed by atoms with Crippen molar-refractivity contribution in [1.29, 1.82) is 0 Å². The maximum atomic E-state index is 13.0. The molecule has 0 aliphatic heterocycles. The van der Waals surface area contributed by atoms with Gasteiger partial charge in [-0.1, -0.05) is 26.0 Å². The highest BCUT2D eigenvalue weighted by molar-refractivity contribution is 5.97. The summed E-state index contributed by atoms with van der Waals surface area (Å²) in [4.78, 5) is 60.9. The van der Waals surface area contributed by atoms with Gasteiger partial charge in [0.2, 0.25) is 5.91 Å². The summed E-state index contributed by atoms with van der Waals surface area (Å²) in [5, 5.41) is 7.67. The van der Waals surface area contributed by atoms with E-state index in [0.717, 1.165) is 5.56 Å². The molecule has 0 heterocycles. The standard InChI is InChI=1S/C23H36N6O6/c1-14(2)19(28-22(25)33)18(30)12-16(6-5-11-26-21(24)32)20(31)27-17-9-7-15(8-10-17)13-35-23(34)29(3)4/h7-10,14,16,19H,5-6,11-13H2,1-4H3,(H,27,31)(H3,24,26,32)(H3,25,28,33)/t16-,19+/m1/s1. The number of nitrogens with zero attached hydrogens (tertiary/aromatic N) is 1. The first-order chi connectivity index (χ1) is 16.4. The zero-order valence-electron chi connectivity index (χ0n) is 20.6. The van der Waals surface area contributed by atoms with E-state index in [0.29, 0.717) is 18.5 Å². The molecule has 0 bridgehead atoms. The number of benzene rings is 1. The Bertz CT molecular complexity index is 887. The lowest BCUT2D eigenvalue weighted by Gasteiger charge is -2.23. The van der Waals surface area contributed by atoms with Gasteiger partial charge in [-0.2, -0.15) is 0 Å². The maximum absolute atomic E-state index is 13.0. The number of ketones is 1. The minimum absolute atomic E-state index is 0.0820. The lowest BCUT2D eigenvalue weighted by molar-refractivity contribution is -0.128. The van der Waals surface area contributed by atoms with Crippen LogP contribution in [-0.2, 0) is 20.9 Å². The van der Waals surface area contributed by atoms with Crippen molar-refractivity contribution in [2.75, 3.05) is 26.0 Å². The summed E-state index contributed by atoms with van der Waals surface area (Å²) in [6, 6.07) is 4.42. The van der Waals surface area contributed by atoms with Crippen LogP contribution in [-0.4, -0.2) is 61.4 Å². The van der Waals surface area contributed by atoms with Crippen LogP contribution in [0.1, 0.15) is 38.7 Å². The highest BCUT2D eigenvalue weighted by Crippen LogP contribution is 2.19. The zero-order chi connectivity index (χ0) is 26.5. The Balaban J connectivity index is 2.86. The van der Waals surface area contributed by atoms with E-state index >= 15 is 0 Å². The molecule has 6 amide bonds. The Labute approximate surface area is 205 Å². The minimum Gasteiger partial charge on any atom is -0.445 e. The first-order valence-corrected chi connectivity index (χ1v) is 11.3. The number of nitrogens with two attached hydrogens (primary N) is 2. The van der Waals surface area contributed by atoms with Crippen LogP contribution in [0, 0.1) is 11.8 Å². The summed E-state index contributed by atoms with van der Waals surface area (Å²) in [6.07, 6.45) is 0.133. The summed E-state index contributed by atoms with van der Waals surface area (Å²) < 4.78 is 5.12. The Kier molecular flexibility index (Phi) is 12.0. The molecule has 7 N–H and O–H groups in total. The third-order valence-electron chi connectivity index (χ3n) is 5.11. The molecule has 0 spiro atoms. The van der Waals surface area contributed by atoms with E-state index in [9.17, 15) is 24.0 Å². The number of anilines is 1. The topological polar surface area (TPSA) is 186 Å². The van der Waals surface area contributed by atoms with Gasteiger partial charge in [0.05, 0.1) is 6.04 Å². The number of nitrogens with one attached hydrogen (secondary N) is 3. The number of ether oxygens (including phenoxy) is 1. The summed E-state index contributed by atoms with van der Waals surface area (Å²) in [5.41, 5.74) is 11.5. The summed E-state index contributed by atoms with van der Waals surface area (Å²) in [5.74, 6) is -1.64. The van der Waals surface area contributed by atoms with E-state index in [4.69, 9.17) is 16.2 Å². The summed E-state index contributed by atoms with van der Waals surface area (Å²) >= 11 is 0. The van der Waals surface area contributed by atoms with Crippen molar-refractivity contribution in [3.63, 3.8) is 0 Å². The van der Waals surface area contributed by atoms with E-state index in [1.165, 1.54) is 4.90 Å². The fourth-order valence-corrected chi connectivity index (χ4v) is 3.23. The normalized spacial score (nSPS) is 12.3. The number of Topliss-reactive ketones (excluding diaryl/α,β-unsaturated/α-hetero) is 1. The van der Waals surface area contributed by atoms with Crippen LogP contribution in [0.5, 0.6) is 0 Å². The number of amides is 6. The zero-order valence-corrected chi connectivity index (χ0v) is 20.6. The second kappa shape index (κ2) is 14.4. The van der Waals surface area contributed by atoms with Gasteiger partial charge in [-0.25, -0.2) is 14.4 Å². The van der Waals surface area contributed by atoms with Gasteiger partial charge in [0.1, 0.15) is 6.61 Å². The number of hydrogen-bond acceptors (Lipinski definition) is 6. The van der Waals surface area contributed by atoms with Crippen LogP contribution in [0.2, 0.25) is 0 Å². The molecule has 0 aromatic heterocycles. The molecular formula is C23H36N6O6. The fraction of sp³-hybridized carbons (Fsp3) is 0.522. The minimum atomic E-state index is -0.823. The van der Waals surface area contributed by atoms with Crippen molar-refractivity contribution >= 4 is 35.5 Å².